The van der Waals surface area contributed by atoms with E-state index >= 15 is 0 Å². The highest BCUT2D eigenvalue weighted by molar-refractivity contribution is 7.99. The molecule has 378 valence electrons. The minimum atomic E-state index is -6.06. The standard InChI is InChI=1S/C52H64ClF3N6O5S3/c1-50(2,3)61-27-25-59(26-28-61)24-22-40(35-68-44-9-7-6-8-10-44)57-47-20-19-45(30-48(47)69(64,65)52(54,55)56)70(66,67)58-49(63)37-13-17-41(18-14-37)62-34-42-29-43(62)33-60(42)32-38-31-51(4,5)23-21-46(38)36-11-15-39(53)16-12-36/h6-20,30,40,42-43,57H,21-29,31-35H2,1-5H3,(H,58,63). The molecular formula is C52H64ClF3N6O5S3. The van der Waals surface area contributed by atoms with Crippen LogP contribution in [0.4, 0.5) is 24.5 Å². The number of nitrogens with zero attached hydrogens (tertiary/aromatic N) is 4. The molecule has 0 radical (unpaired) electrons. The molecule has 2 bridgehead atoms. The molecule has 3 fully saturated rings. The normalized spacial score (nSPS) is 21.0. The Morgan fingerprint density at radius 2 is 1.56 bits per heavy atom. The molecule has 1 amide bonds. The first-order chi connectivity index (χ1) is 33.0. The van der Waals surface area contributed by atoms with Gasteiger partial charge in [-0.25, -0.2) is 21.6 Å². The maximum atomic E-state index is 14.3. The highest BCUT2D eigenvalue weighted by atomic mass is 35.5. The Bertz CT molecular complexity index is 2760. The molecule has 4 aromatic carbocycles. The predicted molar refractivity (Wildman–Crippen MR) is 275 cm³/mol. The molecule has 0 aromatic heterocycles. The van der Waals surface area contributed by atoms with Gasteiger partial charge in [0, 0.05) is 103 Å². The van der Waals surface area contributed by atoms with Crippen molar-refractivity contribution in [2.45, 2.75) is 111 Å². The van der Waals surface area contributed by atoms with Gasteiger partial charge in [-0.15, -0.1) is 11.8 Å². The van der Waals surface area contributed by atoms with Crippen LogP contribution in [0.2, 0.25) is 5.02 Å². The van der Waals surface area contributed by atoms with Crippen molar-refractivity contribution in [3.8, 4) is 0 Å². The van der Waals surface area contributed by atoms with Gasteiger partial charge in [0.1, 0.15) is 4.90 Å². The number of piperazine rings is 2. The first-order valence-electron chi connectivity index (χ1n) is 24.0. The lowest BCUT2D eigenvalue weighted by Crippen LogP contribution is -2.53. The molecule has 4 aromatic rings. The molecule has 0 spiro atoms. The molecule has 3 saturated heterocycles. The van der Waals surface area contributed by atoms with Crippen LogP contribution in [0, 0.1) is 5.41 Å². The van der Waals surface area contributed by atoms with E-state index in [1.165, 1.54) is 40.6 Å². The first-order valence-corrected chi connectivity index (χ1v) is 28.3. The van der Waals surface area contributed by atoms with E-state index in [1.807, 2.05) is 47.2 Å². The van der Waals surface area contributed by atoms with Gasteiger partial charge in [0.25, 0.3) is 25.8 Å². The van der Waals surface area contributed by atoms with Crippen LogP contribution in [-0.4, -0.2) is 125 Å². The smallest absolute Gasteiger partial charge is 0.380 e. The number of thioether (sulfide) groups is 1. The molecule has 8 rings (SSSR count). The summed E-state index contributed by atoms with van der Waals surface area (Å²) in [7, 11) is -10.9. The molecule has 3 aliphatic heterocycles. The number of allylic oxidation sites excluding steroid dienone is 1. The van der Waals surface area contributed by atoms with Gasteiger partial charge in [0.05, 0.1) is 10.6 Å². The Morgan fingerprint density at radius 3 is 2.19 bits per heavy atom. The second-order valence-electron chi connectivity index (χ2n) is 20.9. The number of likely N-dealkylation sites (tertiary alicyclic amines) is 1. The van der Waals surface area contributed by atoms with Crippen LogP contribution in [0.15, 0.2) is 117 Å². The van der Waals surface area contributed by atoms with Crippen LogP contribution in [0.3, 0.4) is 0 Å². The molecule has 3 atom stereocenters. The fourth-order valence-corrected chi connectivity index (χ4v) is 13.5. The van der Waals surface area contributed by atoms with E-state index in [4.69, 9.17) is 11.6 Å². The van der Waals surface area contributed by atoms with Gasteiger partial charge in [-0.2, -0.15) is 13.2 Å². The molecule has 4 aliphatic rings. The Kier molecular flexibility index (Phi) is 15.5. The van der Waals surface area contributed by atoms with Crippen LogP contribution in [0.25, 0.3) is 5.57 Å². The van der Waals surface area contributed by atoms with Crippen molar-refractivity contribution in [3.63, 3.8) is 0 Å². The summed E-state index contributed by atoms with van der Waals surface area (Å²) >= 11 is 7.69. The summed E-state index contributed by atoms with van der Waals surface area (Å²) in [4.78, 5) is 21.9. The van der Waals surface area contributed by atoms with Crippen molar-refractivity contribution >= 4 is 66.1 Å². The molecule has 0 saturated carbocycles. The van der Waals surface area contributed by atoms with Crippen LogP contribution in [0.1, 0.15) is 82.6 Å². The number of hydrogen-bond donors (Lipinski definition) is 2. The quantitative estimate of drug-likeness (QED) is 0.104. The molecular weight excluding hydrogens is 977 g/mol. The van der Waals surface area contributed by atoms with Gasteiger partial charge in [0.15, 0.2) is 0 Å². The van der Waals surface area contributed by atoms with Gasteiger partial charge in [-0.05, 0) is 136 Å². The van der Waals surface area contributed by atoms with Crippen molar-refractivity contribution < 1.29 is 34.8 Å². The average Bonchev–Trinajstić information content (AvgIpc) is 3.91. The Hall–Kier alpha value is -4.10. The number of hydrogen-bond acceptors (Lipinski definition) is 11. The Balaban J connectivity index is 0.941. The molecule has 3 unspecified atom stereocenters. The topological polar surface area (TPSA) is 122 Å². The summed E-state index contributed by atoms with van der Waals surface area (Å²) in [6, 6.07) is 26.8. The summed E-state index contributed by atoms with van der Waals surface area (Å²) in [5.41, 5.74) is -0.863. The van der Waals surface area contributed by atoms with E-state index in [2.05, 4.69) is 71.7 Å². The Morgan fingerprint density at radius 1 is 0.871 bits per heavy atom. The maximum absolute atomic E-state index is 14.3. The first kappa shape index (κ1) is 52.2. The molecule has 3 heterocycles. The van der Waals surface area contributed by atoms with Crippen molar-refractivity contribution in [2.75, 3.05) is 68.3 Å². The fraction of sp³-hybridized carbons (Fsp3) is 0.481. The number of alkyl halides is 3. The SMILES string of the molecule is CC1(C)CCC(c2ccc(Cl)cc2)=C(CN2CC3CC2CN3c2ccc(C(=O)NS(=O)(=O)c3ccc(NC(CCN4CCN(C(C)(C)C)CC4)CSc4ccccc4)c(S(=O)(=O)C(F)(F)F)c3)cc2)C1. The number of fused-ring (bicyclic) bond motifs is 2. The largest absolute Gasteiger partial charge is 0.501 e. The summed E-state index contributed by atoms with van der Waals surface area (Å²) < 4.78 is 98.8. The van der Waals surface area contributed by atoms with Crippen molar-refractivity contribution in [1.29, 1.82) is 0 Å². The molecule has 2 N–H and O–H groups in total. The van der Waals surface area contributed by atoms with E-state index < -0.39 is 47.1 Å². The minimum absolute atomic E-state index is 0.0138. The van der Waals surface area contributed by atoms with E-state index in [0.717, 1.165) is 99.2 Å². The molecule has 11 nitrogen and oxygen atoms in total. The van der Waals surface area contributed by atoms with Crippen LogP contribution in [0.5, 0.6) is 0 Å². The number of anilines is 2. The van der Waals surface area contributed by atoms with E-state index in [0.29, 0.717) is 30.8 Å². The zero-order valence-electron chi connectivity index (χ0n) is 40.4. The van der Waals surface area contributed by atoms with Gasteiger partial charge >= 0.3 is 5.51 Å². The number of carbonyl (C=O) groups is 1. The third-order valence-corrected chi connectivity index (χ3v) is 18.6. The number of sulfone groups is 1. The molecule has 70 heavy (non-hydrogen) atoms. The second-order valence-corrected chi connectivity index (χ2v) is 26.0. The highest BCUT2D eigenvalue weighted by Crippen LogP contribution is 2.45. The van der Waals surface area contributed by atoms with Crippen LogP contribution in [-0.2, 0) is 19.9 Å². The van der Waals surface area contributed by atoms with Gasteiger partial charge < -0.3 is 15.1 Å². The zero-order chi connectivity index (χ0) is 50.2. The maximum Gasteiger partial charge on any atom is 0.501 e. The second kappa shape index (κ2) is 20.8. The minimum Gasteiger partial charge on any atom is -0.380 e. The number of benzene rings is 4. The Labute approximate surface area is 421 Å². The summed E-state index contributed by atoms with van der Waals surface area (Å²) in [6.45, 7) is 17.7. The highest BCUT2D eigenvalue weighted by Gasteiger charge is 2.49. The lowest BCUT2D eigenvalue weighted by molar-refractivity contribution is -0.0435. The monoisotopic (exact) mass is 1040 g/mol. The van der Waals surface area contributed by atoms with Gasteiger partial charge in [0.2, 0.25) is 0 Å². The number of sulfonamides is 1. The van der Waals surface area contributed by atoms with E-state index in [-0.39, 0.29) is 28.2 Å². The lowest BCUT2D eigenvalue weighted by atomic mass is 9.72. The summed E-state index contributed by atoms with van der Waals surface area (Å²) in [5, 5.41) is 3.77. The molecule has 1 aliphatic carbocycles. The number of rotatable bonds is 16. The molecule has 18 heteroatoms. The van der Waals surface area contributed by atoms with E-state index in [1.54, 1.807) is 12.1 Å². The summed E-state index contributed by atoms with van der Waals surface area (Å²) in [6.07, 6.45) is 4.65. The van der Waals surface area contributed by atoms with Crippen molar-refractivity contribution in [2.24, 2.45) is 5.41 Å². The predicted octanol–water partition coefficient (Wildman–Crippen LogP) is 10.1. The van der Waals surface area contributed by atoms with E-state index in [9.17, 15) is 34.8 Å². The van der Waals surface area contributed by atoms with Gasteiger partial charge in [-0.1, -0.05) is 61.4 Å². The van der Waals surface area contributed by atoms with Crippen LogP contribution < -0.4 is 14.9 Å². The number of nitrogens with one attached hydrogen (secondary N) is 2. The third-order valence-electron chi connectivity index (χ3n) is 14.3. The van der Waals surface area contributed by atoms with Crippen LogP contribution >= 0.6 is 23.4 Å². The average molecular weight is 1040 g/mol. The number of amides is 1. The summed E-state index contributed by atoms with van der Waals surface area (Å²) in [5.74, 6) is -0.627. The fourth-order valence-electron chi connectivity index (χ4n) is 10.4. The lowest BCUT2D eigenvalue weighted by Gasteiger charge is -2.42. The van der Waals surface area contributed by atoms with Crippen molar-refractivity contribution in [3.05, 3.63) is 119 Å². The third kappa shape index (κ3) is 12.2. The number of carbonyl (C=O) groups excluding carboxylic acids is 1. The van der Waals surface area contributed by atoms with Crippen molar-refractivity contribution in [1.82, 2.24) is 19.4 Å². The van der Waals surface area contributed by atoms with Gasteiger partial charge in [-0.3, -0.25) is 14.6 Å². The number of halogens is 4. The zero-order valence-corrected chi connectivity index (χ0v) is 43.6.